The Morgan fingerprint density at radius 2 is 1.81 bits per heavy atom. The van der Waals surface area contributed by atoms with Crippen LogP contribution in [0.4, 0.5) is 0 Å². The number of benzene rings is 2. The Bertz CT molecular complexity index is 896. The number of carbonyl (C=O) groups is 1. The number of carbonyl (C=O) groups excluding carboxylic acids is 1. The minimum Gasteiger partial charge on any atom is -0.490 e. The highest BCUT2D eigenvalue weighted by Crippen LogP contribution is 2.37. The largest absolute Gasteiger partial charge is 0.490 e. The highest BCUT2D eigenvalue weighted by Gasteiger charge is 2.28. The highest BCUT2D eigenvalue weighted by molar-refractivity contribution is 5.84. The lowest BCUT2D eigenvalue weighted by atomic mass is 9.76. The van der Waals surface area contributed by atoms with Crippen LogP contribution in [0.2, 0.25) is 0 Å². The maximum Gasteiger partial charge on any atom is 0.310 e. The molecule has 2 aromatic carbocycles. The Balaban J connectivity index is 1.37. The predicted octanol–water partition coefficient (Wildman–Crippen LogP) is 5.96. The molecule has 1 unspecified atom stereocenters. The first-order chi connectivity index (χ1) is 14.9. The van der Waals surface area contributed by atoms with E-state index in [1.54, 1.807) is 0 Å². The molecule has 1 saturated carbocycles. The average Bonchev–Trinajstić information content (AvgIpc) is 2.76. The number of ether oxygens (including phenoxy) is 2. The molecule has 1 aliphatic carbocycles. The third kappa shape index (κ3) is 5.79. The minimum atomic E-state index is -0.0419. The van der Waals surface area contributed by atoms with E-state index in [1.165, 1.54) is 29.2 Å². The first-order valence-corrected chi connectivity index (χ1v) is 12.0. The van der Waals surface area contributed by atoms with E-state index in [4.69, 9.17) is 9.47 Å². The van der Waals surface area contributed by atoms with Gasteiger partial charge in [-0.3, -0.25) is 9.69 Å². The van der Waals surface area contributed by atoms with Gasteiger partial charge in [0.25, 0.3) is 0 Å². The summed E-state index contributed by atoms with van der Waals surface area (Å²) in [6.07, 6.45) is 7.10. The normalized spacial score (nSPS) is 22.4. The van der Waals surface area contributed by atoms with Gasteiger partial charge < -0.3 is 9.47 Å². The lowest BCUT2D eigenvalue weighted by Crippen LogP contribution is -2.38. The second-order valence-electron chi connectivity index (χ2n) is 10.2. The summed E-state index contributed by atoms with van der Waals surface area (Å²) in [5, 5.41) is 2.47. The summed E-state index contributed by atoms with van der Waals surface area (Å²) in [6, 6.07) is 13.2. The summed E-state index contributed by atoms with van der Waals surface area (Å²) in [5.41, 5.74) is 1.75. The Morgan fingerprint density at radius 3 is 2.58 bits per heavy atom. The second-order valence-corrected chi connectivity index (χ2v) is 10.2. The van der Waals surface area contributed by atoms with Gasteiger partial charge in [-0.05, 0) is 91.9 Å². The highest BCUT2D eigenvalue weighted by atomic mass is 16.5. The van der Waals surface area contributed by atoms with E-state index in [9.17, 15) is 4.79 Å². The fraction of sp³-hybridized carbons (Fsp3) is 0.593. The van der Waals surface area contributed by atoms with Crippen molar-refractivity contribution in [3.8, 4) is 5.75 Å². The van der Waals surface area contributed by atoms with E-state index in [0.717, 1.165) is 51.1 Å². The monoisotopic (exact) mass is 423 g/mol. The van der Waals surface area contributed by atoms with Gasteiger partial charge in [0, 0.05) is 13.1 Å². The number of fused-ring (bicyclic) bond motifs is 1. The molecule has 0 radical (unpaired) electrons. The minimum absolute atomic E-state index is 0.0132. The summed E-state index contributed by atoms with van der Waals surface area (Å²) in [4.78, 5) is 14.5. The molecular weight excluding hydrogens is 386 g/mol. The molecular formula is C27H37NO3. The maximum absolute atomic E-state index is 12.1. The topological polar surface area (TPSA) is 38.8 Å². The van der Waals surface area contributed by atoms with Crippen molar-refractivity contribution in [2.75, 3.05) is 19.7 Å². The zero-order valence-corrected chi connectivity index (χ0v) is 19.4. The van der Waals surface area contributed by atoms with Gasteiger partial charge in [0.2, 0.25) is 0 Å². The van der Waals surface area contributed by atoms with Crippen LogP contribution in [-0.4, -0.2) is 36.7 Å². The van der Waals surface area contributed by atoms with E-state index >= 15 is 0 Å². The van der Waals surface area contributed by atoms with Crippen molar-refractivity contribution in [2.45, 2.75) is 71.9 Å². The number of nitrogens with zero attached hydrogens (tertiary/aromatic N) is 1. The predicted molar refractivity (Wildman–Crippen MR) is 125 cm³/mol. The van der Waals surface area contributed by atoms with Crippen LogP contribution < -0.4 is 4.74 Å². The molecule has 0 bridgehead atoms. The molecule has 2 fully saturated rings. The molecule has 31 heavy (non-hydrogen) atoms. The third-order valence-corrected chi connectivity index (χ3v) is 7.00. The molecule has 4 heteroatoms. The van der Waals surface area contributed by atoms with Gasteiger partial charge >= 0.3 is 5.97 Å². The average molecular weight is 424 g/mol. The van der Waals surface area contributed by atoms with E-state index in [2.05, 4.69) is 55.1 Å². The van der Waals surface area contributed by atoms with Crippen molar-refractivity contribution in [2.24, 2.45) is 11.3 Å². The third-order valence-electron chi connectivity index (χ3n) is 7.00. The van der Waals surface area contributed by atoms with E-state index in [-0.39, 0.29) is 11.9 Å². The summed E-state index contributed by atoms with van der Waals surface area (Å²) < 4.78 is 11.5. The lowest BCUT2D eigenvalue weighted by Gasteiger charge is -2.34. The van der Waals surface area contributed by atoms with Crippen LogP contribution in [0, 0.1) is 11.3 Å². The summed E-state index contributed by atoms with van der Waals surface area (Å²) in [5.74, 6) is 0.956. The molecule has 1 saturated heterocycles. The van der Waals surface area contributed by atoms with Gasteiger partial charge in [-0.1, -0.05) is 32.0 Å². The smallest absolute Gasteiger partial charge is 0.310 e. The molecule has 1 aliphatic heterocycles. The van der Waals surface area contributed by atoms with Gasteiger partial charge in [0.1, 0.15) is 5.75 Å². The molecule has 0 spiro atoms. The van der Waals surface area contributed by atoms with Crippen LogP contribution >= 0.6 is 0 Å². The van der Waals surface area contributed by atoms with Gasteiger partial charge in [-0.25, -0.2) is 0 Å². The summed E-state index contributed by atoms with van der Waals surface area (Å²) in [6.45, 7) is 9.77. The van der Waals surface area contributed by atoms with Crippen LogP contribution in [0.5, 0.6) is 5.75 Å². The van der Waals surface area contributed by atoms with Gasteiger partial charge in [-0.2, -0.15) is 0 Å². The molecule has 0 N–H and O–H groups in total. The van der Waals surface area contributed by atoms with E-state index in [1.807, 2.05) is 6.92 Å². The number of rotatable bonds is 6. The molecule has 0 amide bonds. The van der Waals surface area contributed by atoms with Crippen LogP contribution in [0.3, 0.4) is 0 Å². The first-order valence-electron chi connectivity index (χ1n) is 12.0. The van der Waals surface area contributed by atoms with Gasteiger partial charge in [0.05, 0.1) is 18.6 Å². The number of hydrogen-bond acceptors (Lipinski definition) is 4. The lowest BCUT2D eigenvalue weighted by molar-refractivity contribution is -0.150. The van der Waals surface area contributed by atoms with Crippen molar-refractivity contribution in [3.63, 3.8) is 0 Å². The second kappa shape index (κ2) is 9.60. The van der Waals surface area contributed by atoms with Crippen molar-refractivity contribution in [1.82, 2.24) is 4.90 Å². The van der Waals surface area contributed by atoms with E-state index in [0.29, 0.717) is 18.1 Å². The number of likely N-dealkylation sites (tertiary alicyclic amines) is 1. The summed E-state index contributed by atoms with van der Waals surface area (Å²) >= 11 is 0. The Morgan fingerprint density at radius 1 is 1.06 bits per heavy atom. The van der Waals surface area contributed by atoms with Crippen molar-refractivity contribution >= 4 is 16.7 Å². The molecule has 1 heterocycles. The Hall–Kier alpha value is -2.07. The fourth-order valence-electron chi connectivity index (χ4n) is 5.04. The van der Waals surface area contributed by atoms with Gasteiger partial charge in [-0.15, -0.1) is 0 Å². The fourth-order valence-corrected chi connectivity index (χ4v) is 5.04. The van der Waals surface area contributed by atoms with Crippen LogP contribution in [-0.2, 0) is 16.1 Å². The van der Waals surface area contributed by atoms with Crippen molar-refractivity contribution < 1.29 is 14.3 Å². The quantitative estimate of drug-likeness (QED) is 0.537. The standard InChI is InChI=1S/C27H37NO3/c1-4-30-26(29)23-6-5-15-28(19-23)18-20-7-8-22-17-25(10-9-21(22)16-20)31-24-11-13-27(2,3)14-12-24/h7-10,16-17,23-24H,4-6,11-15,18-19H2,1-3H3. The van der Waals surface area contributed by atoms with Crippen molar-refractivity contribution in [3.05, 3.63) is 42.0 Å². The molecule has 4 rings (SSSR count). The van der Waals surface area contributed by atoms with Crippen LogP contribution in [0.1, 0.15) is 64.9 Å². The Kier molecular flexibility index (Phi) is 6.86. The van der Waals surface area contributed by atoms with E-state index < -0.39 is 0 Å². The number of hydrogen-bond donors (Lipinski definition) is 0. The summed E-state index contributed by atoms with van der Waals surface area (Å²) in [7, 11) is 0. The van der Waals surface area contributed by atoms with Crippen molar-refractivity contribution in [1.29, 1.82) is 0 Å². The zero-order valence-electron chi connectivity index (χ0n) is 19.4. The van der Waals surface area contributed by atoms with Crippen LogP contribution in [0.25, 0.3) is 10.8 Å². The number of esters is 1. The SMILES string of the molecule is CCOC(=O)C1CCCN(Cc2ccc3cc(OC4CCC(C)(C)CC4)ccc3c2)C1. The molecule has 1 atom stereocenters. The molecule has 0 aromatic heterocycles. The maximum atomic E-state index is 12.1. The Labute approximate surface area is 186 Å². The molecule has 4 nitrogen and oxygen atoms in total. The first kappa shape index (κ1) is 22.1. The molecule has 2 aromatic rings. The molecule has 2 aliphatic rings. The number of piperidine rings is 1. The molecule has 168 valence electrons. The van der Waals surface area contributed by atoms with Crippen LogP contribution in [0.15, 0.2) is 36.4 Å². The van der Waals surface area contributed by atoms with Gasteiger partial charge in [0.15, 0.2) is 0 Å². The zero-order chi connectivity index (χ0) is 21.8.